The smallest absolute Gasteiger partial charge is 0.191 e. The molecule has 0 aliphatic carbocycles. The van der Waals surface area contributed by atoms with E-state index in [4.69, 9.17) is 4.99 Å². The maximum Gasteiger partial charge on any atom is 0.191 e. The summed E-state index contributed by atoms with van der Waals surface area (Å²) in [6, 6.07) is 10.3. The maximum absolute atomic E-state index is 4.73. The molecule has 1 aromatic heterocycles. The molecule has 25 heavy (non-hydrogen) atoms. The maximum atomic E-state index is 4.73. The zero-order valence-electron chi connectivity index (χ0n) is 14.8. The van der Waals surface area contributed by atoms with Gasteiger partial charge < -0.3 is 10.6 Å². The van der Waals surface area contributed by atoms with Crippen LogP contribution in [0.2, 0.25) is 0 Å². The molecule has 0 bridgehead atoms. The summed E-state index contributed by atoms with van der Waals surface area (Å²) in [7, 11) is 0. The largest absolute Gasteiger partial charge is 0.357 e. The van der Waals surface area contributed by atoms with Crippen molar-refractivity contribution in [1.29, 1.82) is 0 Å². The van der Waals surface area contributed by atoms with E-state index in [-0.39, 0.29) is 0 Å². The van der Waals surface area contributed by atoms with E-state index >= 15 is 0 Å². The van der Waals surface area contributed by atoms with Gasteiger partial charge in [0.05, 0.1) is 13.1 Å². The zero-order valence-corrected chi connectivity index (χ0v) is 15.6. The highest BCUT2D eigenvalue weighted by atomic mass is 32.2. The first-order valence-corrected chi connectivity index (χ1v) is 9.74. The number of guanidine groups is 1. The normalized spacial score (nSPS) is 11.3. The lowest BCUT2D eigenvalue weighted by molar-refractivity contribution is 0.681. The zero-order chi connectivity index (χ0) is 17.7. The van der Waals surface area contributed by atoms with E-state index in [1.807, 2.05) is 34.8 Å². The third kappa shape index (κ3) is 7.05. The molecular weight excluding hydrogens is 330 g/mol. The van der Waals surface area contributed by atoms with Crippen LogP contribution in [-0.2, 0) is 13.1 Å². The molecule has 0 unspecified atom stereocenters. The van der Waals surface area contributed by atoms with Crippen molar-refractivity contribution in [2.45, 2.75) is 20.0 Å². The van der Waals surface area contributed by atoms with E-state index in [0.717, 1.165) is 37.1 Å². The van der Waals surface area contributed by atoms with E-state index in [2.05, 4.69) is 53.5 Å². The van der Waals surface area contributed by atoms with Crippen LogP contribution >= 0.6 is 11.8 Å². The van der Waals surface area contributed by atoms with Gasteiger partial charge in [0.2, 0.25) is 0 Å². The van der Waals surface area contributed by atoms with Crippen LogP contribution in [0.25, 0.3) is 0 Å². The van der Waals surface area contributed by atoms with E-state index < -0.39 is 0 Å². The average molecular weight is 358 g/mol. The van der Waals surface area contributed by atoms with Crippen molar-refractivity contribution in [2.75, 3.05) is 24.6 Å². The Bertz CT molecular complexity index is 652. The average Bonchev–Trinajstić information content (AvgIpc) is 3.13. The highest BCUT2D eigenvalue weighted by Gasteiger charge is 2.03. The summed E-state index contributed by atoms with van der Waals surface area (Å²) in [5.74, 6) is 2.87. The molecule has 134 valence electrons. The van der Waals surface area contributed by atoms with Crippen molar-refractivity contribution >= 4 is 17.7 Å². The van der Waals surface area contributed by atoms with E-state index in [1.165, 1.54) is 11.1 Å². The fourth-order valence-corrected chi connectivity index (χ4v) is 2.93. The Kier molecular flexibility index (Phi) is 8.69. The van der Waals surface area contributed by atoms with Crippen LogP contribution in [0.3, 0.4) is 0 Å². The number of benzene rings is 1. The monoisotopic (exact) mass is 357 g/mol. The van der Waals surface area contributed by atoms with Gasteiger partial charge in [-0.3, -0.25) is 4.68 Å². The molecule has 0 atom stereocenters. The van der Waals surface area contributed by atoms with Crippen LogP contribution in [0.4, 0.5) is 0 Å². The molecule has 6 heteroatoms. The van der Waals surface area contributed by atoms with E-state index in [1.54, 1.807) is 6.20 Å². The van der Waals surface area contributed by atoms with E-state index in [9.17, 15) is 0 Å². The predicted octanol–water partition coefficient (Wildman–Crippen LogP) is 2.91. The molecule has 0 radical (unpaired) electrons. The second kappa shape index (κ2) is 11.4. The van der Waals surface area contributed by atoms with Crippen LogP contribution < -0.4 is 10.6 Å². The molecule has 0 saturated carbocycles. The Morgan fingerprint density at radius 1 is 1.28 bits per heavy atom. The fourth-order valence-electron chi connectivity index (χ4n) is 2.35. The van der Waals surface area contributed by atoms with Crippen LogP contribution in [0.15, 0.2) is 60.4 Å². The summed E-state index contributed by atoms with van der Waals surface area (Å²) in [4.78, 5) is 4.73. The summed E-state index contributed by atoms with van der Waals surface area (Å²) in [5, 5.41) is 11.0. The van der Waals surface area contributed by atoms with Gasteiger partial charge in [0, 0.05) is 37.0 Å². The lowest BCUT2D eigenvalue weighted by atomic mass is 10.1. The summed E-state index contributed by atoms with van der Waals surface area (Å²) < 4.78 is 1.93. The lowest BCUT2D eigenvalue weighted by Crippen LogP contribution is -2.38. The SMILES string of the molecule is C=CCSCCNC(=NCc1ccccc1Cn1cccn1)NCC. The first-order chi connectivity index (χ1) is 12.3. The lowest BCUT2D eigenvalue weighted by Gasteiger charge is -2.12. The Labute approximate surface area is 154 Å². The van der Waals surface area contributed by atoms with E-state index in [0.29, 0.717) is 6.54 Å². The van der Waals surface area contributed by atoms with Gasteiger partial charge in [-0.05, 0) is 24.1 Å². The summed E-state index contributed by atoms with van der Waals surface area (Å²) in [6.45, 7) is 8.96. The van der Waals surface area contributed by atoms with Crippen molar-refractivity contribution in [1.82, 2.24) is 20.4 Å². The summed E-state index contributed by atoms with van der Waals surface area (Å²) in [5.41, 5.74) is 2.46. The molecule has 0 spiro atoms. The van der Waals surface area contributed by atoms with Crippen molar-refractivity contribution in [3.63, 3.8) is 0 Å². The van der Waals surface area contributed by atoms with Crippen molar-refractivity contribution in [2.24, 2.45) is 4.99 Å². The number of aliphatic imine (C=N–C) groups is 1. The molecule has 0 aliphatic rings. The molecule has 0 fully saturated rings. The number of nitrogens with zero attached hydrogens (tertiary/aromatic N) is 3. The Morgan fingerprint density at radius 2 is 2.12 bits per heavy atom. The fraction of sp³-hybridized carbons (Fsp3) is 0.368. The van der Waals surface area contributed by atoms with Gasteiger partial charge in [0.1, 0.15) is 0 Å². The third-order valence-corrected chi connectivity index (χ3v) is 4.50. The van der Waals surface area contributed by atoms with Crippen molar-refractivity contribution < 1.29 is 0 Å². The van der Waals surface area contributed by atoms with Gasteiger partial charge >= 0.3 is 0 Å². The van der Waals surface area contributed by atoms with Crippen LogP contribution in [0.5, 0.6) is 0 Å². The molecule has 2 rings (SSSR count). The Balaban J connectivity index is 1.95. The molecule has 1 aromatic carbocycles. The van der Waals surface area contributed by atoms with Gasteiger partial charge in [-0.1, -0.05) is 30.3 Å². The number of aromatic nitrogens is 2. The molecular formula is C19H27N5S. The predicted molar refractivity (Wildman–Crippen MR) is 108 cm³/mol. The molecule has 2 N–H and O–H groups in total. The number of nitrogens with one attached hydrogen (secondary N) is 2. The number of rotatable bonds is 10. The Morgan fingerprint density at radius 3 is 2.84 bits per heavy atom. The summed E-state index contributed by atoms with van der Waals surface area (Å²) in [6.07, 6.45) is 5.71. The minimum absolute atomic E-state index is 0.645. The van der Waals surface area contributed by atoms with Crippen LogP contribution in [-0.4, -0.2) is 40.3 Å². The van der Waals surface area contributed by atoms with Gasteiger partial charge in [0.15, 0.2) is 5.96 Å². The van der Waals surface area contributed by atoms with Crippen molar-refractivity contribution in [3.8, 4) is 0 Å². The van der Waals surface area contributed by atoms with Gasteiger partial charge in [0.25, 0.3) is 0 Å². The second-order valence-electron chi connectivity index (χ2n) is 5.46. The molecule has 1 heterocycles. The molecule has 0 aliphatic heterocycles. The third-order valence-electron chi connectivity index (χ3n) is 3.54. The number of thioether (sulfide) groups is 1. The van der Waals surface area contributed by atoms with Gasteiger partial charge in [-0.15, -0.1) is 6.58 Å². The molecule has 2 aromatic rings. The standard InChI is InChI=1S/C19H27N5S/c1-3-13-25-14-11-21-19(20-4-2)22-15-17-8-5-6-9-18(17)16-24-12-7-10-23-24/h3,5-10,12H,1,4,11,13-16H2,2H3,(H2,20,21,22). The number of hydrogen-bond acceptors (Lipinski definition) is 3. The molecule has 0 saturated heterocycles. The second-order valence-corrected chi connectivity index (χ2v) is 6.61. The van der Waals surface area contributed by atoms with Crippen molar-refractivity contribution in [3.05, 3.63) is 66.5 Å². The highest BCUT2D eigenvalue weighted by molar-refractivity contribution is 7.99. The first-order valence-electron chi connectivity index (χ1n) is 8.58. The Hall–Kier alpha value is -2.21. The topological polar surface area (TPSA) is 54.2 Å². The van der Waals surface area contributed by atoms with Gasteiger partial charge in [-0.2, -0.15) is 16.9 Å². The quantitative estimate of drug-likeness (QED) is 0.297. The highest BCUT2D eigenvalue weighted by Crippen LogP contribution is 2.11. The minimum Gasteiger partial charge on any atom is -0.357 e. The van der Waals surface area contributed by atoms with Crippen LogP contribution in [0, 0.1) is 0 Å². The minimum atomic E-state index is 0.645. The number of hydrogen-bond donors (Lipinski definition) is 2. The molecule has 0 amide bonds. The van der Waals surface area contributed by atoms with Crippen LogP contribution in [0.1, 0.15) is 18.1 Å². The first kappa shape index (κ1) is 19.1. The van der Waals surface area contributed by atoms with Gasteiger partial charge in [-0.25, -0.2) is 4.99 Å². The molecule has 5 nitrogen and oxygen atoms in total. The summed E-state index contributed by atoms with van der Waals surface area (Å²) >= 11 is 1.86.